The van der Waals surface area contributed by atoms with E-state index in [-0.39, 0.29) is 24.2 Å². The van der Waals surface area contributed by atoms with Crippen LogP contribution in [0.1, 0.15) is 17.5 Å². The maximum absolute atomic E-state index is 13.1. The minimum atomic E-state index is -0.353. The standard InChI is InChI=1S/C21H24ClN3O3/c1-28-11-10-24(14-17-4-2-3-5-19(17)22)21(27)18-12-20(26)25(15-18)13-16-6-8-23-9-7-16/h2-9,18H,10-15H2,1H3. The molecule has 6 nitrogen and oxygen atoms in total. The first-order chi connectivity index (χ1) is 13.6. The molecule has 2 heterocycles. The highest BCUT2D eigenvalue weighted by atomic mass is 35.5. The van der Waals surface area contributed by atoms with Crippen LogP contribution in [-0.2, 0) is 27.4 Å². The third-order valence-corrected chi connectivity index (χ3v) is 5.25. The second-order valence-corrected chi connectivity index (χ2v) is 7.28. The van der Waals surface area contributed by atoms with Gasteiger partial charge >= 0.3 is 0 Å². The summed E-state index contributed by atoms with van der Waals surface area (Å²) in [6.07, 6.45) is 3.64. The van der Waals surface area contributed by atoms with Crippen LogP contribution in [0.15, 0.2) is 48.8 Å². The summed E-state index contributed by atoms with van der Waals surface area (Å²) in [5, 5.41) is 0.625. The molecule has 0 saturated carbocycles. The van der Waals surface area contributed by atoms with E-state index in [0.717, 1.165) is 11.1 Å². The predicted molar refractivity (Wildman–Crippen MR) is 107 cm³/mol. The van der Waals surface area contributed by atoms with Crippen LogP contribution in [0.25, 0.3) is 0 Å². The maximum Gasteiger partial charge on any atom is 0.228 e. The Balaban J connectivity index is 1.68. The van der Waals surface area contributed by atoms with Gasteiger partial charge in [0.1, 0.15) is 0 Å². The van der Waals surface area contributed by atoms with Gasteiger partial charge < -0.3 is 14.5 Å². The fourth-order valence-corrected chi connectivity index (χ4v) is 3.55. The molecular weight excluding hydrogens is 378 g/mol. The zero-order valence-corrected chi connectivity index (χ0v) is 16.6. The van der Waals surface area contributed by atoms with Gasteiger partial charge in [0.2, 0.25) is 11.8 Å². The number of aromatic nitrogens is 1. The normalized spacial score (nSPS) is 16.4. The maximum atomic E-state index is 13.1. The van der Waals surface area contributed by atoms with Gasteiger partial charge in [-0.1, -0.05) is 29.8 Å². The molecule has 0 N–H and O–H groups in total. The van der Waals surface area contributed by atoms with Gasteiger partial charge in [0.25, 0.3) is 0 Å². The molecule has 0 spiro atoms. The first-order valence-corrected chi connectivity index (χ1v) is 9.64. The Hall–Kier alpha value is -2.44. The summed E-state index contributed by atoms with van der Waals surface area (Å²) >= 11 is 6.27. The second-order valence-electron chi connectivity index (χ2n) is 6.87. The highest BCUT2D eigenvalue weighted by Crippen LogP contribution is 2.24. The van der Waals surface area contributed by atoms with Gasteiger partial charge in [-0.3, -0.25) is 14.6 Å². The van der Waals surface area contributed by atoms with E-state index in [9.17, 15) is 9.59 Å². The van der Waals surface area contributed by atoms with Crippen LogP contribution >= 0.6 is 11.6 Å². The molecule has 1 saturated heterocycles. The summed E-state index contributed by atoms with van der Waals surface area (Å²) in [5.41, 5.74) is 1.88. The van der Waals surface area contributed by atoms with Gasteiger partial charge in [-0.25, -0.2) is 0 Å². The SMILES string of the molecule is COCCN(Cc1ccccc1Cl)C(=O)C1CC(=O)N(Cc2ccncc2)C1. The van der Waals surface area contributed by atoms with Gasteiger partial charge in [0, 0.05) is 57.1 Å². The van der Waals surface area contributed by atoms with Crippen molar-refractivity contribution in [3.05, 3.63) is 64.9 Å². The van der Waals surface area contributed by atoms with Crippen molar-refractivity contribution >= 4 is 23.4 Å². The first-order valence-electron chi connectivity index (χ1n) is 9.26. The molecule has 1 aromatic carbocycles. The number of amides is 2. The van der Waals surface area contributed by atoms with Gasteiger partial charge in [-0.2, -0.15) is 0 Å². The van der Waals surface area contributed by atoms with Gasteiger partial charge in [-0.15, -0.1) is 0 Å². The van der Waals surface area contributed by atoms with E-state index in [1.165, 1.54) is 0 Å². The van der Waals surface area contributed by atoms with E-state index < -0.39 is 0 Å². The molecule has 28 heavy (non-hydrogen) atoms. The number of nitrogens with zero attached hydrogens (tertiary/aromatic N) is 3. The van der Waals surface area contributed by atoms with Crippen LogP contribution in [-0.4, -0.2) is 53.4 Å². The molecular formula is C21H24ClN3O3. The van der Waals surface area contributed by atoms with Crippen molar-refractivity contribution in [3.63, 3.8) is 0 Å². The highest BCUT2D eigenvalue weighted by Gasteiger charge is 2.36. The highest BCUT2D eigenvalue weighted by molar-refractivity contribution is 6.31. The lowest BCUT2D eigenvalue weighted by molar-refractivity contribution is -0.137. The number of carbonyl (C=O) groups is 2. The molecule has 1 aliphatic heterocycles. The Kier molecular flexibility index (Phi) is 7.01. The van der Waals surface area contributed by atoms with Crippen molar-refractivity contribution < 1.29 is 14.3 Å². The molecule has 1 aromatic heterocycles. The first kappa shape index (κ1) is 20.3. The van der Waals surface area contributed by atoms with Crippen LogP contribution in [0.3, 0.4) is 0 Å². The van der Waals surface area contributed by atoms with Crippen LogP contribution in [0.5, 0.6) is 0 Å². The van der Waals surface area contributed by atoms with Gasteiger partial charge in [0.05, 0.1) is 12.5 Å². The number of methoxy groups -OCH3 is 1. The summed E-state index contributed by atoms with van der Waals surface area (Å²) in [6.45, 7) is 2.20. The van der Waals surface area contributed by atoms with Crippen LogP contribution < -0.4 is 0 Å². The van der Waals surface area contributed by atoms with Crippen molar-refractivity contribution in [2.75, 3.05) is 26.8 Å². The molecule has 0 bridgehead atoms. The van der Waals surface area contributed by atoms with E-state index in [4.69, 9.17) is 16.3 Å². The number of carbonyl (C=O) groups excluding carboxylic acids is 2. The largest absolute Gasteiger partial charge is 0.383 e. The van der Waals surface area contributed by atoms with Crippen LogP contribution in [0.4, 0.5) is 0 Å². The van der Waals surface area contributed by atoms with Crippen molar-refractivity contribution in [2.24, 2.45) is 5.92 Å². The average Bonchev–Trinajstić information content (AvgIpc) is 3.07. The molecule has 7 heteroatoms. The van der Waals surface area contributed by atoms with Gasteiger partial charge in [0.15, 0.2) is 0 Å². The molecule has 148 valence electrons. The Bertz CT molecular complexity index is 816. The number of ether oxygens (including phenoxy) is 1. The van der Waals surface area contributed by atoms with Crippen molar-refractivity contribution in [1.82, 2.24) is 14.8 Å². The van der Waals surface area contributed by atoms with E-state index in [1.807, 2.05) is 36.4 Å². The van der Waals surface area contributed by atoms with Crippen LogP contribution in [0.2, 0.25) is 5.02 Å². The van der Waals surface area contributed by atoms with Crippen LogP contribution in [0, 0.1) is 5.92 Å². The fourth-order valence-electron chi connectivity index (χ4n) is 3.36. The smallest absolute Gasteiger partial charge is 0.228 e. The zero-order valence-electron chi connectivity index (χ0n) is 15.9. The van der Waals surface area contributed by atoms with E-state index >= 15 is 0 Å². The summed E-state index contributed by atoms with van der Waals surface area (Å²) in [7, 11) is 1.60. The summed E-state index contributed by atoms with van der Waals surface area (Å²) in [6, 6.07) is 11.2. The quantitative estimate of drug-likeness (QED) is 0.682. The molecule has 0 aliphatic carbocycles. The molecule has 1 fully saturated rings. The molecule has 0 radical (unpaired) electrons. The Morgan fingerprint density at radius 2 is 2.04 bits per heavy atom. The topological polar surface area (TPSA) is 62.7 Å². The Morgan fingerprint density at radius 1 is 1.29 bits per heavy atom. The molecule has 2 amide bonds. The average molecular weight is 402 g/mol. The number of pyridine rings is 1. The predicted octanol–water partition coefficient (Wildman–Crippen LogP) is 2.76. The number of likely N-dealkylation sites (tertiary alicyclic amines) is 1. The second kappa shape index (κ2) is 9.66. The lowest BCUT2D eigenvalue weighted by Gasteiger charge is -2.26. The Labute approximate surface area is 170 Å². The van der Waals surface area contributed by atoms with E-state index in [0.29, 0.717) is 37.8 Å². The van der Waals surface area contributed by atoms with Crippen molar-refractivity contribution in [2.45, 2.75) is 19.5 Å². The van der Waals surface area contributed by atoms with Crippen molar-refractivity contribution in [3.8, 4) is 0 Å². The molecule has 3 rings (SSSR count). The lowest BCUT2D eigenvalue weighted by atomic mass is 10.1. The third-order valence-electron chi connectivity index (χ3n) is 4.88. The zero-order chi connectivity index (χ0) is 19.9. The number of halogens is 1. The minimum absolute atomic E-state index is 0.000373. The number of benzene rings is 1. The minimum Gasteiger partial charge on any atom is -0.383 e. The van der Waals surface area contributed by atoms with Gasteiger partial charge in [-0.05, 0) is 29.3 Å². The summed E-state index contributed by atoms with van der Waals surface area (Å²) in [4.78, 5) is 33.1. The number of rotatable bonds is 8. The van der Waals surface area contributed by atoms with E-state index in [1.54, 1.807) is 29.3 Å². The summed E-state index contributed by atoms with van der Waals surface area (Å²) < 4.78 is 5.16. The van der Waals surface area contributed by atoms with Crippen molar-refractivity contribution in [1.29, 1.82) is 0 Å². The Morgan fingerprint density at radius 3 is 2.75 bits per heavy atom. The summed E-state index contributed by atoms with van der Waals surface area (Å²) in [5.74, 6) is -0.393. The lowest BCUT2D eigenvalue weighted by Crippen LogP contribution is -2.39. The third kappa shape index (κ3) is 5.09. The molecule has 2 aromatic rings. The fraction of sp³-hybridized carbons (Fsp3) is 0.381. The molecule has 1 unspecified atom stereocenters. The monoisotopic (exact) mass is 401 g/mol. The number of hydrogen-bond donors (Lipinski definition) is 0. The number of hydrogen-bond acceptors (Lipinski definition) is 4. The molecule has 1 atom stereocenters. The van der Waals surface area contributed by atoms with E-state index in [2.05, 4.69) is 4.98 Å². The molecule has 1 aliphatic rings.